The monoisotopic (exact) mass is 439 g/mol. The molecule has 7 nitrogen and oxygen atoms in total. The third-order valence-electron chi connectivity index (χ3n) is 6.20. The van der Waals surface area contributed by atoms with Crippen molar-refractivity contribution >= 4 is 29.1 Å². The van der Waals surface area contributed by atoms with Gasteiger partial charge in [-0.1, -0.05) is 0 Å². The van der Waals surface area contributed by atoms with Crippen molar-refractivity contribution in [1.82, 2.24) is 4.90 Å². The first-order valence-electron chi connectivity index (χ1n) is 10.7. The molecule has 2 aliphatic heterocycles. The summed E-state index contributed by atoms with van der Waals surface area (Å²) in [5, 5.41) is 0. The van der Waals surface area contributed by atoms with Crippen LogP contribution in [0, 0.1) is 5.82 Å². The maximum Gasteiger partial charge on any atom is 0.251 e. The fourth-order valence-electron chi connectivity index (χ4n) is 4.61. The number of imide groups is 1. The minimum absolute atomic E-state index is 0.0116. The Labute approximate surface area is 186 Å². The van der Waals surface area contributed by atoms with Gasteiger partial charge < -0.3 is 9.64 Å². The number of hydrogen-bond donors (Lipinski definition) is 0. The van der Waals surface area contributed by atoms with Crippen molar-refractivity contribution in [2.24, 2.45) is 0 Å². The first kappa shape index (κ1) is 22.0. The van der Waals surface area contributed by atoms with Gasteiger partial charge >= 0.3 is 0 Å². The summed E-state index contributed by atoms with van der Waals surface area (Å²) in [6.45, 7) is 2.76. The second-order valence-electron chi connectivity index (χ2n) is 8.12. The van der Waals surface area contributed by atoms with Gasteiger partial charge in [-0.05, 0) is 61.4 Å². The number of carbonyl (C=O) groups excluding carboxylic acids is 3. The van der Waals surface area contributed by atoms with Gasteiger partial charge in [0.15, 0.2) is 0 Å². The van der Waals surface area contributed by atoms with Gasteiger partial charge in [0.1, 0.15) is 11.6 Å². The average molecular weight is 439 g/mol. The van der Waals surface area contributed by atoms with Crippen LogP contribution < -0.4 is 14.5 Å². The Hall–Kier alpha value is -3.26. The van der Waals surface area contributed by atoms with Crippen LogP contribution in [-0.2, 0) is 14.4 Å². The largest absolute Gasteiger partial charge is 0.497 e. The zero-order valence-electron chi connectivity index (χ0n) is 18.2. The van der Waals surface area contributed by atoms with Crippen molar-refractivity contribution in [3.05, 3.63) is 54.3 Å². The van der Waals surface area contributed by atoms with Crippen LogP contribution in [0.15, 0.2) is 48.5 Å². The highest BCUT2D eigenvalue weighted by atomic mass is 19.1. The van der Waals surface area contributed by atoms with Crippen LogP contribution >= 0.6 is 0 Å². The molecule has 2 aromatic rings. The van der Waals surface area contributed by atoms with Crippen molar-refractivity contribution in [3.8, 4) is 5.75 Å². The van der Waals surface area contributed by atoms with Gasteiger partial charge in [-0.15, -0.1) is 0 Å². The summed E-state index contributed by atoms with van der Waals surface area (Å²) in [6.07, 6.45) is 1.50. The number of nitrogens with zero attached hydrogens (tertiary/aromatic N) is 3. The number of methoxy groups -OCH3 is 1. The van der Waals surface area contributed by atoms with Gasteiger partial charge in [0, 0.05) is 31.7 Å². The molecule has 2 aliphatic rings. The third kappa shape index (κ3) is 4.23. The molecule has 0 saturated carbocycles. The molecule has 4 rings (SSSR count). The Morgan fingerprint density at radius 3 is 2.22 bits per heavy atom. The molecule has 0 N–H and O–H groups in total. The lowest BCUT2D eigenvalue weighted by Crippen LogP contribution is -2.51. The van der Waals surface area contributed by atoms with E-state index in [2.05, 4.69) is 0 Å². The molecule has 3 amide bonds. The zero-order valence-corrected chi connectivity index (χ0v) is 18.2. The molecule has 2 aromatic carbocycles. The second-order valence-corrected chi connectivity index (χ2v) is 8.12. The number of anilines is 2. The minimum Gasteiger partial charge on any atom is -0.497 e. The SMILES string of the molecule is COc1ccc(N(C(C)=O)C2CCN(C3CC(=O)N(c4ccc(F)cc4)C3=O)CC2)cc1. The molecule has 2 fully saturated rings. The number of piperidine rings is 1. The van der Waals surface area contributed by atoms with Crippen LogP contribution in [0.2, 0.25) is 0 Å². The Morgan fingerprint density at radius 2 is 1.66 bits per heavy atom. The van der Waals surface area contributed by atoms with Crippen LogP contribution in [0.1, 0.15) is 26.2 Å². The molecule has 0 aromatic heterocycles. The van der Waals surface area contributed by atoms with E-state index in [0.717, 1.165) is 16.3 Å². The second kappa shape index (κ2) is 9.08. The summed E-state index contributed by atoms with van der Waals surface area (Å²) < 4.78 is 18.4. The van der Waals surface area contributed by atoms with Crippen molar-refractivity contribution < 1.29 is 23.5 Å². The molecule has 0 bridgehead atoms. The Bertz CT molecular complexity index is 1000. The van der Waals surface area contributed by atoms with E-state index in [9.17, 15) is 18.8 Å². The van der Waals surface area contributed by atoms with Crippen LogP contribution in [0.25, 0.3) is 0 Å². The quantitative estimate of drug-likeness (QED) is 0.670. The average Bonchev–Trinajstić information content (AvgIpc) is 3.09. The van der Waals surface area contributed by atoms with Gasteiger partial charge in [0.05, 0.1) is 25.3 Å². The normalized spacial score (nSPS) is 20.0. The van der Waals surface area contributed by atoms with Gasteiger partial charge in [0.2, 0.25) is 11.8 Å². The van der Waals surface area contributed by atoms with Crippen LogP contribution in [0.4, 0.5) is 15.8 Å². The predicted octanol–water partition coefficient (Wildman–Crippen LogP) is 2.98. The van der Waals surface area contributed by atoms with E-state index >= 15 is 0 Å². The molecule has 8 heteroatoms. The van der Waals surface area contributed by atoms with Crippen LogP contribution in [0.3, 0.4) is 0 Å². The molecule has 168 valence electrons. The van der Waals surface area contributed by atoms with Gasteiger partial charge in [-0.2, -0.15) is 0 Å². The fraction of sp³-hybridized carbons (Fsp3) is 0.375. The summed E-state index contributed by atoms with van der Waals surface area (Å²) >= 11 is 0. The zero-order chi connectivity index (χ0) is 22.8. The van der Waals surface area contributed by atoms with E-state index in [-0.39, 0.29) is 30.2 Å². The maximum atomic E-state index is 13.2. The van der Waals surface area contributed by atoms with E-state index < -0.39 is 11.9 Å². The molecule has 0 radical (unpaired) electrons. The molecule has 2 heterocycles. The molecule has 1 unspecified atom stereocenters. The Balaban J connectivity index is 1.43. The Kier molecular flexibility index (Phi) is 6.23. The number of ether oxygens (including phenoxy) is 1. The lowest BCUT2D eigenvalue weighted by atomic mass is 10.00. The summed E-state index contributed by atoms with van der Waals surface area (Å²) in [4.78, 5) is 42.9. The number of rotatable bonds is 5. The van der Waals surface area contributed by atoms with Crippen molar-refractivity contribution in [3.63, 3.8) is 0 Å². The van der Waals surface area contributed by atoms with E-state index in [0.29, 0.717) is 31.6 Å². The standard InChI is InChI=1S/C24H26FN3O4/c1-16(29)27(18-7-9-21(32-2)10-8-18)20-11-13-26(14-12-20)22-15-23(30)28(24(22)31)19-5-3-17(25)4-6-19/h3-10,20,22H,11-15H2,1-2H3. The first-order valence-corrected chi connectivity index (χ1v) is 10.7. The molecule has 1 atom stereocenters. The molecule has 0 spiro atoms. The van der Waals surface area contributed by atoms with E-state index in [1.165, 1.54) is 24.3 Å². The summed E-state index contributed by atoms with van der Waals surface area (Å²) in [6, 6.07) is 12.2. The van der Waals surface area contributed by atoms with E-state index in [4.69, 9.17) is 4.74 Å². The summed E-state index contributed by atoms with van der Waals surface area (Å²) in [5.41, 5.74) is 1.20. The van der Waals surface area contributed by atoms with Gasteiger partial charge in [-0.25, -0.2) is 9.29 Å². The number of amides is 3. The minimum atomic E-state index is -0.528. The highest BCUT2D eigenvalue weighted by molar-refractivity contribution is 6.22. The molecule has 0 aliphatic carbocycles. The van der Waals surface area contributed by atoms with Gasteiger partial charge in [0.25, 0.3) is 5.91 Å². The van der Waals surface area contributed by atoms with E-state index in [1.54, 1.807) is 18.9 Å². The molecular formula is C24H26FN3O4. The number of likely N-dealkylation sites (tertiary alicyclic amines) is 1. The number of hydrogen-bond acceptors (Lipinski definition) is 5. The first-order chi connectivity index (χ1) is 15.4. The van der Waals surface area contributed by atoms with Crippen LogP contribution in [-0.4, -0.2) is 54.9 Å². The molecule has 32 heavy (non-hydrogen) atoms. The van der Waals surface area contributed by atoms with E-state index in [1.807, 2.05) is 29.2 Å². The van der Waals surface area contributed by atoms with Crippen molar-refractivity contribution in [2.45, 2.75) is 38.3 Å². The fourth-order valence-corrected chi connectivity index (χ4v) is 4.61. The van der Waals surface area contributed by atoms with Crippen LogP contribution in [0.5, 0.6) is 5.75 Å². The maximum absolute atomic E-state index is 13.2. The molecule has 2 saturated heterocycles. The van der Waals surface area contributed by atoms with Crippen molar-refractivity contribution in [1.29, 1.82) is 0 Å². The number of carbonyl (C=O) groups is 3. The number of benzene rings is 2. The molecular weight excluding hydrogens is 413 g/mol. The lowest BCUT2D eigenvalue weighted by Gasteiger charge is -2.39. The summed E-state index contributed by atoms with van der Waals surface area (Å²) in [5.74, 6) is -0.292. The third-order valence-corrected chi connectivity index (χ3v) is 6.20. The van der Waals surface area contributed by atoms with Gasteiger partial charge in [-0.3, -0.25) is 19.3 Å². The highest BCUT2D eigenvalue weighted by Crippen LogP contribution is 2.30. The van der Waals surface area contributed by atoms with Crippen molar-refractivity contribution in [2.75, 3.05) is 30.0 Å². The predicted molar refractivity (Wildman–Crippen MR) is 118 cm³/mol. The lowest BCUT2D eigenvalue weighted by molar-refractivity contribution is -0.123. The topological polar surface area (TPSA) is 70.2 Å². The summed E-state index contributed by atoms with van der Waals surface area (Å²) in [7, 11) is 1.60. The number of halogens is 1. The highest BCUT2D eigenvalue weighted by Gasteiger charge is 2.44. The Morgan fingerprint density at radius 1 is 1.03 bits per heavy atom. The smallest absolute Gasteiger partial charge is 0.251 e.